The van der Waals surface area contributed by atoms with Crippen LogP contribution in [-0.2, 0) is 9.53 Å². The molecule has 1 aliphatic heterocycles. The molecule has 1 heterocycles. The number of cyclic esters (lactones) is 1. The van der Waals surface area contributed by atoms with Crippen LogP contribution in [0.15, 0.2) is 78.4 Å². The van der Waals surface area contributed by atoms with E-state index in [1.54, 1.807) is 0 Å². The molecule has 2 heteroatoms. The Bertz CT molecular complexity index is 757. The third-order valence-electron chi connectivity index (χ3n) is 4.39. The Morgan fingerprint density at radius 2 is 1.59 bits per heavy atom. The van der Waals surface area contributed by atoms with Crippen molar-refractivity contribution in [3.8, 4) is 0 Å². The third kappa shape index (κ3) is 2.08. The zero-order valence-corrected chi connectivity index (χ0v) is 12.1. The van der Waals surface area contributed by atoms with E-state index >= 15 is 0 Å². The molecule has 0 bridgehead atoms. The Kier molecular flexibility index (Phi) is 3.15. The summed E-state index contributed by atoms with van der Waals surface area (Å²) < 4.78 is 5.75. The predicted molar refractivity (Wildman–Crippen MR) is 85.9 cm³/mol. The van der Waals surface area contributed by atoms with Crippen LogP contribution in [-0.4, -0.2) is 5.97 Å². The molecule has 0 fully saturated rings. The summed E-state index contributed by atoms with van der Waals surface area (Å²) in [6.07, 6.45) is 5.14. The maximum atomic E-state index is 12.6. The third-order valence-corrected chi connectivity index (χ3v) is 4.39. The zero-order chi connectivity index (χ0) is 14.9. The average Bonchev–Trinajstić information content (AvgIpc) is 3.05. The van der Waals surface area contributed by atoms with Gasteiger partial charge >= 0.3 is 5.97 Å². The molecule has 0 aromatic heterocycles. The van der Waals surface area contributed by atoms with Gasteiger partial charge in [-0.2, -0.15) is 0 Å². The summed E-state index contributed by atoms with van der Waals surface area (Å²) in [6, 6.07) is 19.8. The molecule has 2 aliphatic rings. The van der Waals surface area contributed by atoms with E-state index < -0.39 is 0 Å². The number of benzene rings is 2. The van der Waals surface area contributed by atoms with Crippen LogP contribution < -0.4 is 0 Å². The standard InChI is InChI=1S/C20H16O2/c21-20-18(14-8-3-1-4-9-14)16-12-7-13-17(16)19(22-20)15-10-5-2-6-11-15/h1-12,16,18H,13H2. The highest BCUT2D eigenvalue weighted by Crippen LogP contribution is 2.45. The SMILES string of the molecule is O=C1OC(c2ccccc2)=C2CC=CC2C1c1ccccc1. The molecular formula is C20H16O2. The van der Waals surface area contributed by atoms with Crippen molar-refractivity contribution in [3.63, 3.8) is 0 Å². The van der Waals surface area contributed by atoms with Gasteiger partial charge in [0.2, 0.25) is 0 Å². The monoisotopic (exact) mass is 288 g/mol. The summed E-state index contributed by atoms with van der Waals surface area (Å²) >= 11 is 0. The number of carbonyl (C=O) groups excluding carboxylic acids is 1. The fourth-order valence-electron chi connectivity index (χ4n) is 3.36. The minimum Gasteiger partial charge on any atom is -0.425 e. The van der Waals surface area contributed by atoms with Crippen molar-refractivity contribution in [3.05, 3.63) is 89.5 Å². The summed E-state index contributed by atoms with van der Waals surface area (Å²) in [6.45, 7) is 0. The van der Waals surface area contributed by atoms with E-state index in [-0.39, 0.29) is 17.8 Å². The number of allylic oxidation sites excluding steroid dienone is 3. The lowest BCUT2D eigenvalue weighted by Crippen LogP contribution is -2.28. The molecule has 108 valence electrons. The number of hydrogen-bond donors (Lipinski definition) is 0. The van der Waals surface area contributed by atoms with Crippen molar-refractivity contribution in [1.82, 2.24) is 0 Å². The summed E-state index contributed by atoms with van der Waals surface area (Å²) in [5.74, 6) is 0.458. The van der Waals surface area contributed by atoms with Crippen LogP contribution in [0.3, 0.4) is 0 Å². The van der Waals surface area contributed by atoms with E-state index in [9.17, 15) is 4.79 Å². The van der Waals surface area contributed by atoms with Crippen LogP contribution in [0.25, 0.3) is 5.76 Å². The highest BCUT2D eigenvalue weighted by molar-refractivity contribution is 5.89. The molecule has 0 saturated heterocycles. The van der Waals surface area contributed by atoms with E-state index in [4.69, 9.17) is 4.74 Å². The van der Waals surface area contributed by atoms with Crippen LogP contribution in [0.5, 0.6) is 0 Å². The molecule has 0 saturated carbocycles. The zero-order valence-electron chi connectivity index (χ0n) is 12.1. The molecule has 4 rings (SSSR count). The molecule has 0 N–H and O–H groups in total. The lowest BCUT2D eigenvalue weighted by Gasteiger charge is -2.30. The van der Waals surface area contributed by atoms with Crippen molar-refractivity contribution in [2.24, 2.45) is 5.92 Å². The minimum atomic E-state index is -0.234. The molecule has 2 aromatic rings. The van der Waals surface area contributed by atoms with Crippen molar-refractivity contribution >= 4 is 11.7 Å². The van der Waals surface area contributed by atoms with E-state index in [1.165, 1.54) is 5.57 Å². The van der Waals surface area contributed by atoms with Crippen LogP contribution in [0, 0.1) is 5.92 Å². The highest BCUT2D eigenvalue weighted by atomic mass is 16.5. The second kappa shape index (κ2) is 5.30. The lowest BCUT2D eigenvalue weighted by atomic mass is 9.80. The van der Waals surface area contributed by atoms with Gasteiger partial charge in [-0.25, -0.2) is 0 Å². The van der Waals surface area contributed by atoms with Crippen molar-refractivity contribution < 1.29 is 9.53 Å². The first-order valence-corrected chi connectivity index (χ1v) is 7.56. The molecule has 0 radical (unpaired) electrons. The Morgan fingerprint density at radius 1 is 0.909 bits per heavy atom. The van der Waals surface area contributed by atoms with Gasteiger partial charge in [-0.3, -0.25) is 4.79 Å². The van der Waals surface area contributed by atoms with Crippen molar-refractivity contribution in [2.75, 3.05) is 0 Å². The first-order valence-electron chi connectivity index (χ1n) is 7.56. The van der Waals surface area contributed by atoms with Gasteiger partial charge in [-0.15, -0.1) is 0 Å². The second-order valence-electron chi connectivity index (χ2n) is 5.69. The number of ether oxygens (including phenoxy) is 1. The largest absolute Gasteiger partial charge is 0.425 e. The van der Waals surface area contributed by atoms with Gasteiger partial charge in [0, 0.05) is 11.5 Å². The minimum absolute atomic E-state index is 0.110. The highest BCUT2D eigenvalue weighted by Gasteiger charge is 2.40. The van der Waals surface area contributed by atoms with E-state index in [0.717, 1.165) is 23.3 Å². The van der Waals surface area contributed by atoms with Crippen LogP contribution >= 0.6 is 0 Å². The van der Waals surface area contributed by atoms with Crippen LogP contribution in [0.1, 0.15) is 23.5 Å². The number of esters is 1. The maximum Gasteiger partial charge on any atom is 0.319 e. The maximum absolute atomic E-state index is 12.6. The van der Waals surface area contributed by atoms with E-state index in [1.807, 2.05) is 60.7 Å². The van der Waals surface area contributed by atoms with Gasteiger partial charge in [0.1, 0.15) is 5.76 Å². The van der Waals surface area contributed by atoms with Crippen LogP contribution in [0.4, 0.5) is 0 Å². The summed E-state index contributed by atoms with van der Waals surface area (Å²) in [7, 11) is 0. The van der Waals surface area contributed by atoms with Crippen molar-refractivity contribution in [2.45, 2.75) is 12.3 Å². The number of fused-ring (bicyclic) bond motifs is 1. The van der Waals surface area contributed by atoms with Gasteiger partial charge in [0.25, 0.3) is 0 Å². The predicted octanol–water partition coefficient (Wildman–Crippen LogP) is 4.31. The quantitative estimate of drug-likeness (QED) is 0.608. The van der Waals surface area contributed by atoms with Gasteiger partial charge in [-0.1, -0.05) is 72.8 Å². The van der Waals surface area contributed by atoms with E-state index in [0.29, 0.717) is 0 Å². The molecule has 0 amide bonds. The summed E-state index contributed by atoms with van der Waals surface area (Å²) in [5.41, 5.74) is 3.21. The first kappa shape index (κ1) is 13.1. The normalized spacial score (nSPS) is 23.4. The molecule has 2 atom stereocenters. The molecule has 22 heavy (non-hydrogen) atoms. The van der Waals surface area contributed by atoms with Crippen molar-refractivity contribution in [1.29, 1.82) is 0 Å². The fraction of sp³-hybridized carbons (Fsp3) is 0.150. The molecule has 2 aromatic carbocycles. The number of hydrogen-bond acceptors (Lipinski definition) is 2. The molecule has 1 aliphatic carbocycles. The average molecular weight is 288 g/mol. The van der Waals surface area contributed by atoms with Gasteiger partial charge in [-0.05, 0) is 17.6 Å². The summed E-state index contributed by atoms with van der Waals surface area (Å²) in [5, 5.41) is 0. The topological polar surface area (TPSA) is 26.3 Å². The molecule has 2 unspecified atom stereocenters. The Hall–Kier alpha value is -2.61. The number of carbonyl (C=O) groups is 1. The molecule has 0 spiro atoms. The Labute approximate surface area is 129 Å². The van der Waals surface area contributed by atoms with E-state index in [2.05, 4.69) is 12.2 Å². The summed E-state index contributed by atoms with van der Waals surface area (Å²) in [4.78, 5) is 12.6. The molecule has 2 nitrogen and oxygen atoms in total. The Morgan fingerprint density at radius 3 is 2.32 bits per heavy atom. The smallest absolute Gasteiger partial charge is 0.319 e. The van der Waals surface area contributed by atoms with Gasteiger partial charge in [0.15, 0.2) is 0 Å². The van der Waals surface area contributed by atoms with Gasteiger partial charge in [0.05, 0.1) is 5.92 Å². The fourth-order valence-corrected chi connectivity index (χ4v) is 3.36. The Balaban J connectivity index is 1.81. The first-order chi connectivity index (χ1) is 10.8. The molecular weight excluding hydrogens is 272 g/mol. The van der Waals surface area contributed by atoms with Crippen LogP contribution in [0.2, 0.25) is 0 Å². The second-order valence-corrected chi connectivity index (χ2v) is 5.69. The lowest BCUT2D eigenvalue weighted by molar-refractivity contribution is -0.140. The number of rotatable bonds is 2. The van der Waals surface area contributed by atoms with Gasteiger partial charge < -0.3 is 4.74 Å².